The fourth-order valence-corrected chi connectivity index (χ4v) is 2.67. The molecule has 0 bridgehead atoms. The Labute approximate surface area is 162 Å². The Morgan fingerprint density at radius 3 is 2.30 bits per heavy atom. The predicted octanol–water partition coefficient (Wildman–Crippen LogP) is 2.83. The average Bonchev–Trinajstić information content (AvgIpc) is 2.70. The van der Waals surface area contributed by atoms with Crippen molar-refractivity contribution in [3.8, 4) is 11.5 Å². The van der Waals surface area contributed by atoms with Crippen LogP contribution in [-0.4, -0.2) is 44.3 Å². The van der Waals surface area contributed by atoms with Crippen molar-refractivity contribution in [3.05, 3.63) is 53.9 Å². The van der Waals surface area contributed by atoms with Crippen LogP contribution in [0.15, 0.2) is 47.7 Å². The van der Waals surface area contributed by atoms with Crippen molar-refractivity contribution in [2.75, 3.05) is 33.4 Å². The van der Waals surface area contributed by atoms with Crippen molar-refractivity contribution in [2.24, 2.45) is 4.99 Å². The first-order valence-corrected chi connectivity index (χ1v) is 9.48. The number of nitrogens with zero attached hydrogens (tertiary/aromatic N) is 2. The van der Waals surface area contributed by atoms with E-state index in [1.54, 1.807) is 13.2 Å². The highest BCUT2D eigenvalue weighted by Gasteiger charge is 2.06. The molecule has 1 aromatic heterocycles. The summed E-state index contributed by atoms with van der Waals surface area (Å²) in [5.41, 5.74) is 2.40. The first-order valence-electron chi connectivity index (χ1n) is 9.48. The second-order valence-electron chi connectivity index (χ2n) is 5.93. The van der Waals surface area contributed by atoms with Gasteiger partial charge in [-0.1, -0.05) is 12.1 Å². The Bertz CT molecular complexity index is 705. The van der Waals surface area contributed by atoms with Crippen molar-refractivity contribution >= 4 is 5.96 Å². The van der Waals surface area contributed by atoms with Gasteiger partial charge in [-0.15, -0.1) is 0 Å². The summed E-state index contributed by atoms with van der Waals surface area (Å²) in [6, 6.07) is 10.1. The van der Waals surface area contributed by atoms with Gasteiger partial charge < -0.3 is 20.1 Å². The quantitative estimate of drug-likeness (QED) is 0.497. The third-order valence-corrected chi connectivity index (χ3v) is 3.97. The van der Waals surface area contributed by atoms with Crippen LogP contribution in [0.1, 0.15) is 25.0 Å². The number of nitrogens with one attached hydrogen (secondary N) is 2. The number of aromatic nitrogens is 1. The van der Waals surface area contributed by atoms with E-state index in [1.165, 1.54) is 11.1 Å². The third kappa shape index (κ3) is 7.17. The van der Waals surface area contributed by atoms with E-state index in [2.05, 4.69) is 38.8 Å². The van der Waals surface area contributed by atoms with Crippen LogP contribution in [0.3, 0.4) is 0 Å². The molecule has 0 fully saturated rings. The summed E-state index contributed by atoms with van der Waals surface area (Å²) >= 11 is 0. The lowest BCUT2D eigenvalue weighted by Gasteiger charge is -2.14. The van der Waals surface area contributed by atoms with Gasteiger partial charge in [-0.3, -0.25) is 9.98 Å². The van der Waals surface area contributed by atoms with Gasteiger partial charge in [0.2, 0.25) is 0 Å². The van der Waals surface area contributed by atoms with Crippen LogP contribution < -0.4 is 20.1 Å². The average molecular weight is 370 g/mol. The van der Waals surface area contributed by atoms with E-state index in [0.717, 1.165) is 43.4 Å². The van der Waals surface area contributed by atoms with Crippen LogP contribution in [0.4, 0.5) is 0 Å². The van der Waals surface area contributed by atoms with Gasteiger partial charge in [0.1, 0.15) is 0 Å². The van der Waals surface area contributed by atoms with E-state index in [0.29, 0.717) is 13.2 Å². The van der Waals surface area contributed by atoms with Crippen LogP contribution in [0.2, 0.25) is 0 Å². The Hall–Kier alpha value is -2.76. The molecule has 0 aliphatic carbocycles. The van der Waals surface area contributed by atoms with Crippen LogP contribution in [0.25, 0.3) is 0 Å². The summed E-state index contributed by atoms with van der Waals surface area (Å²) in [5.74, 6) is 2.40. The van der Waals surface area contributed by atoms with Crippen LogP contribution in [0.5, 0.6) is 11.5 Å². The molecule has 0 radical (unpaired) electrons. The molecule has 0 amide bonds. The Balaban J connectivity index is 1.78. The Morgan fingerprint density at radius 2 is 1.67 bits per heavy atom. The molecule has 6 heteroatoms. The van der Waals surface area contributed by atoms with Gasteiger partial charge in [-0.2, -0.15) is 0 Å². The van der Waals surface area contributed by atoms with Gasteiger partial charge in [0.05, 0.1) is 13.2 Å². The van der Waals surface area contributed by atoms with Crippen molar-refractivity contribution in [3.63, 3.8) is 0 Å². The summed E-state index contributed by atoms with van der Waals surface area (Å²) in [7, 11) is 1.78. The highest BCUT2D eigenvalue weighted by atomic mass is 16.5. The zero-order valence-electron chi connectivity index (χ0n) is 16.5. The molecular weight excluding hydrogens is 340 g/mol. The molecule has 2 rings (SSSR count). The number of aliphatic imine (C=N–C) groups is 1. The molecule has 146 valence electrons. The van der Waals surface area contributed by atoms with E-state index < -0.39 is 0 Å². The molecule has 0 saturated carbocycles. The van der Waals surface area contributed by atoms with Crippen molar-refractivity contribution in [2.45, 2.75) is 26.7 Å². The van der Waals surface area contributed by atoms with Crippen molar-refractivity contribution < 1.29 is 9.47 Å². The van der Waals surface area contributed by atoms with Gasteiger partial charge >= 0.3 is 0 Å². The summed E-state index contributed by atoms with van der Waals surface area (Å²) < 4.78 is 11.3. The number of pyridine rings is 1. The lowest BCUT2D eigenvalue weighted by Crippen LogP contribution is -2.39. The summed E-state index contributed by atoms with van der Waals surface area (Å²) in [6.07, 6.45) is 5.45. The number of benzene rings is 1. The fourth-order valence-electron chi connectivity index (χ4n) is 2.67. The minimum Gasteiger partial charge on any atom is -0.490 e. The second-order valence-corrected chi connectivity index (χ2v) is 5.93. The maximum atomic E-state index is 5.69. The zero-order chi connectivity index (χ0) is 19.3. The summed E-state index contributed by atoms with van der Waals surface area (Å²) in [5, 5.41) is 6.67. The number of hydrogen-bond donors (Lipinski definition) is 2. The molecule has 0 spiro atoms. The van der Waals surface area contributed by atoms with Crippen molar-refractivity contribution in [1.82, 2.24) is 15.6 Å². The first kappa shape index (κ1) is 20.6. The number of rotatable bonds is 10. The number of guanidine groups is 1. The fraction of sp³-hybridized carbons (Fsp3) is 0.429. The van der Waals surface area contributed by atoms with Gasteiger partial charge in [0, 0.05) is 32.5 Å². The molecule has 27 heavy (non-hydrogen) atoms. The van der Waals surface area contributed by atoms with Gasteiger partial charge in [-0.05, 0) is 56.0 Å². The molecular formula is C21H30N4O2. The molecule has 0 aliphatic rings. The molecule has 2 N–H and O–H groups in total. The normalized spacial score (nSPS) is 11.1. The topological polar surface area (TPSA) is 67.8 Å². The third-order valence-electron chi connectivity index (χ3n) is 3.97. The summed E-state index contributed by atoms with van der Waals surface area (Å²) in [4.78, 5) is 8.40. The standard InChI is InChI=1S/C21H30N4O2/c1-4-26-19-9-8-17(15-20(19)27-5-2)10-13-24-21(22-3)25-14-11-18-7-6-12-23-16-18/h6-9,12,15-16H,4-5,10-11,13-14H2,1-3H3,(H2,22,24,25). The highest BCUT2D eigenvalue weighted by Crippen LogP contribution is 2.28. The van der Waals surface area contributed by atoms with E-state index in [-0.39, 0.29) is 0 Å². The largest absolute Gasteiger partial charge is 0.490 e. The van der Waals surface area contributed by atoms with Gasteiger partial charge in [-0.25, -0.2) is 0 Å². The Morgan fingerprint density at radius 1 is 0.963 bits per heavy atom. The van der Waals surface area contributed by atoms with Crippen molar-refractivity contribution in [1.29, 1.82) is 0 Å². The van der Waals surface area contributed by atoms with Crippen LogP contribution >= 0.6 is 0 Å². The molecule has 0 aliphatic heterocycles. The predicted molar refractivity (Wildman–Crippen MR) is 110 cm³/mol. The minimum absolute atomic E-state index is 0.620. The molecule has 0 saturated heterocycles. The second kappa shape index (κ2) is 11.8. The van der Waals surface area contributed by atoms with Crippen LogP contribution in [-0.2, 0) is 12.8 Å². The molecule has 1 heterocycles. The summed E-state index contributed by atoms with van der Waals surface area (Å²) in [6.45, 7) is 6.79. The molecule has 2 aromatic rings. The number of hydrogen-bond acceptors (Lipinski definition) is 4. The SMILES string of the molecule is CCOc1ccc(CCNC(=NC)NCCc2cccnc2)cc1OCC. The Kier molecular flexibility index (Phi) is 8.96. The lowest BCUT2D eigenvalue weighted by atomic mass is 10.1. The van der Waals surface area contributed by atoms with E-state index in [9.17, 15) is 0 Å². The molecule has 6 nitrogen and oxygen atoms in total. The van der Waals surface area contributed by atoms with E-state index in [1.807, 2.05) is 32.2 Å². The van der Waals surface area contributed by atoms with E-state index >= 15 is 0 Å². The smallest absolute Gasteiger partial charge is 0.190 e. The van der Waals surface area contributed by atoms with Crippen LogP contribution in [0, 0.1) is 0 Å². The maximum absolute atomic E-state index is 5.69. The maximum Gasteiger partial charge on any atom is 0.190 e. The van der Waals surface area contributed by atoms with Gasteiger partial charge in [0.15, 0.2) is 17.5 Å². The number of ether oxygens (including phenoxy) is 2. The van der Waals surface area contributed by atoms with Gasteiger partial charge in [0.25, 0.3) is 0 Å². The van der Waals surface area contributed by atoms with E-state index in [4.69, 9.17) is 9.47 Å². The monoisotopic (exact) mass is 370 g/mol. The highest BCUT2D eigenvalue weighted by molar-refractivity contribution is 5.79. The molecule has 1 aromatic carbocycles. The molecule has 0 atom stereocenters. The molecule has 0 unspecified atom stereocenters. The minimum atomic E-state index is 0.620. The first-order chi connectivity index (χ1) is 13.3. The zero-order valence-corrected chi connectivity index (χ0v) is 16.5. The lowest BCUT2D eigenvalue weighted by molar-refractivity contribution is 0.287.